The van der Waals surface area contributed by atoms with Crippen LogP contribution in [-0.2, 0) is 0 Å². The summed E-state index contributed by atoms with van der Waals surface area (Å²) in [6.07, 6.45) is 2.02. The predicted octanol–water partition coefficient (Wildman–Crippen LogP) is 2.16. The van der Waals surface area contributed by atoms with Gasteiger partial charge in [0.1, 0.15) is 0 Å². The van der Waals surface area contributed by atoms with Gasteiger partial charge in [0.05, 0.1) is 0 Å². The molecule has 0 bridgehead atoms. The minimum atomic E-state index is -0.737. The predicted molar refractivity (Wildman–Crippen MR) is 57.9 cm³/mol. The summed E-state index contributed by atoms with van der Waals surface area (Å²) in [4.78, 5) is 13.3. The number of nitrogens with one attached hydrogen (secondary N) is 1. The zero-order valence-electron chi connectivity index (χ0n) is 8.74. The highest BCUT2D eigenvalue weighted by Crippen LogP contribution is 2.20. The van der Waals surface area contributed by atoms with Crippen LogP contribution in [0.1, 0.15) is 12.8 Å². The molecule has 1 saturated heterocycles. The van der Waals surface area contributed by atoms with Crippen molar-refractivity contribution in [3.05, 3.63) is 24.0 Å². The lowest BCUT2D eigenvalue weighted by Gasteiger charge is -2.16. The second-order valence-corrected chi connectivity index (χ2v) is 3.79. The normalized spacial score (nSPS) is 15.2. The Hall–Kier alpha value is -1.78. The number of anilines is 1. The molecule has 1 fully saturated rings. The van der Waals surface area contributed by atoms with Crippen LogP contribution in [0.4, 0.5) is 14.9 Å². The molecule has 0 saturated carbocycles. The molecule has 1 heterocycles. The summed E-state index contributed by atoms with van der Waals surface area (Å²) in [6.45, 7) is 1.48. The van der Waals surface area contributed by atoms with Crippen molar-refractivity contribution in [2.24, 2.45) is 0 Å². The minimum Gasteiger partial charge on any atom is -0.505 e. The maximum absolute atomic E-state index is 13.0. The summed E-state index contributed by atoms with van der Waals surface area (Å²) in [5, 5.41) is 11.6. The Labute approximate surface area is 92.7 Å². The summed E-state index contributed by atoms with van der Waals surface area (Å²) in [6, 6.07) is 3.56. The van der Waals surface area contributed by atoms with Gasteiger partial charge in [-0.25, -0.2) is 9.18 Å². The van der Waals surface area contributed by atoms with Gasteiger partial charge in [-0.1, -0.05) is 0 Å². The van der Waals surface area contributed by atoms with Crippen LogP contribution in [0.2, 0.25) is 0 Å². The fourth-order valence-electron chi connectivity index (χ4n) is 1.71. The Bertz CT molecular complexity index is 403. The third-order valence-corrected chi connectivity index (χ3v) is 2.59. The molecule has 0 aromatic heterocycles. The fourth-order valence-corrected chi connectivity index (χ4v) is 1.71. The monoisotopic (exact) mass is 224 g/mol. The molecule has 1 aromatic carbocycles. The van der Waals surface area contributed by atoms with E-state index in [-0.39, 0.29) is 6.03 Å². The molecule has 16 heavy (non-hydrogen) atoms. The number of hydrogen-bond acceptors (Lipinski definition) is 2. The van der Waals surface area contributed by atoms with Crippen LogP contribution >= 0.6 is 0 Å². The van der Waals surface area contributed by atoms with E-state index < -0.39 is 11.6 Å². The zero-order chi connectivity index (χ0) is 11.5. The van der Waals surface area contributed by atoms with E-state index >= 15 is 0 Å². The Morgan fingerprint density at radius 2 is 2.06 bits per heavy atom. The average Bonchev–Trinajstić information content (AvgIpc) is 2.77. The topological polar surface area (TPSA) is 52.6 Å². The first-order chi connectivity index (χ1) is 7.66. The third-order valence-electron chi connectivity index (χ3n) is 2.59. The van der Waals surface area contributed by atoms with Crippen LogP contribution in [0, 0.1) is 5.82 Å². The van der Waals surface area contributed by atoms with Crippen LogP contribution in [0.5, 0.6) is 5.75 Å². The molecule has 0 spiro atoms. The van der Waals surface area contributed by atoms with Crippen LogP contribution < -0.4 is 5.32 Å². The van der Waals surface area contributed by atoms with Crippen molar-refractivity contribution < 1.29 is 14.3 Å². The number of urea groups is 1. The van der Waals surface area contributed by atoms with E-state index in [1.54, 1.807) is 4.90 Å². The van der Waals surface area contributed by atoms with E-state index in [4.69, 9.17) is 5.11 Å². The fraction of sp³-hybridized carbons (Fsp3) is 0.364. The first-order valence-electron chi connectivity index (χ1n) is 5.21. The number of phenols is 1. The molecule has 0 aliphatic carbocycles. The molecule has 2 rings (SSSR count). The van der Waals surface area contributed by atoms with Gasteiger partial charge in [0.2, 0.25) is 0 Å². The molecule has 4 nitrogen and oxygen atoms in total. The van der Waals surface area contributed by atoms with Crippen molar-refractivity contribution >= 4 is 11.7 Å². The van der Waals surface area contributed by atoms with Crippen molar-refractivity contribution in [2.45, 2.75) is 12.8 Å². The highest BCUT2D eigenvalue weighted by molar-refractivity contribution is 5.89. The lowest BCUT2D eigenvalue weighted by molar-refractivity contribution is 0.222. The first kappa shape index (κ1) is 10.7. The number of carbonyl (C=O) groups excluding carboxylic acids is 1. The van der Waals surface area contributed by atoms with Gasteiger partial charge < -0.3 is 15.3 Å². The minimum absolute atomic E-state index is 0.220. The number of nitrogens with zero attached hydrogens (tertiary/aromatic N) is 1. The molecule has 1 aliphatic heterocycles. The number of benzene rings is 1. The lowest BCUT2D eigenvalue weighted by Crippen LogP contribution is -2.32. The Morgan fingerprint density at radius 3 is 2.69 bits per heavy atom. The zero-order valence-corrected chi connectivity index (χ0v) is 8.74. The number of likely N-dealkylation sites (tertiary alicyclic amines) is 1. The summed E-state index contributed by atoms with van der Waals surface area (Å²) in [5.41, 5.74) is 0.354. The summed E-state index contributed by atoms with van der Waals surface area (Å²) in [7, 11) is 0. The van der Waals surface area contributed by atoms with Crippen molar-refractivity contribution in [2.75, 3.05) is 18.4 Å². The quantitative estimate of drug-likeness (QED) is 0.718. The largest absolute Gasteiger partial charge is 0.505 e. The van der Waals surface area contributed by atoms with Crippen LogP contribution in [0.3, 0.4) is 0 Å². The van der Waals surface area contributed by atoms with Gasteiger partial charge in [-0.15, -0.1) is 0 Å². The molecule has 2 amide bonds. The van der Waals surface area contributed by atoms with Gasteiger partial charge in [-0.3, -0.25) is 0 Å². The Balaban J connectivity index is 2.02. The van der Waals surface area contributed by atoms with Crippen molar-refractivity contribution in [3.8, 4) is 5.75 Å². The van der Waals surface area contributed by atoms with Gasteiger partial charge in [0.15, 0.2) is 11.6 Å². The number of halogens is 1. The molecule has 86 valence electrons. The molecule has 5 heteroatoms. The molecular weight excluding hydrogens is 211 g/mol. The molecule has 0 atom stereocenters. The van der Waals surface area contributed by atoms with Gasteiger partial charge >= 0.3 is 6.03 Å². The highest BCUT2D eigenvalue weighted by Gasteiger charge is 2.17. The third kappa shape index (κ3) is 2.24. The average molecular weight is 224 g/mol. The molecule has 1 aliphatic rings. The Morgan fingerprint density at radius 1 is 1.38 bits per heavy atom. The second-order valence-electron chi connectivity index (χ2n) is 3.79. The number of hydrogen-bond donors (Lipinski definition) is 2. The van der Waals surface area contributed by atoms with E-state index in [0.717, 1.165) is 32.0 Å². The second kappa shape index (κ2) is 4.38. The highest BCUT2D eigenvalue weighted by atomic mass is 19.1. The Kier molecular flexibility index (Phi) is 2.94. The van der Waals surface area contributed by atoms with Gasteiger partial charge in [-0.05, 0) is 25.0 Å². The van der Waals surface area contributed by atoms with E-state index in [1.807, 2.05) is 0 Å². The molecular formula is C11H13FN2O2. The number of amides is 2. The lowest BCUT2D eigenvalue weighted by atomic mass is 10.3. The van der Waals surface area contributed by atoms with E-state index in [1.165, 1.54) is 12.1 Å². The molecule has 0 radical (unpaired) electrons. The first-order valence-corrected chi connectivity index (χ1v) is 5.21. The number of aromatic hydroxyl groups is 1. The van der Waals surface area contributed by atoms with Gasteiger partial charge in [-0.2, -0.15) is 0 Å². The van der Waals surface area contributed by atoms with Crippen molar-refractivity contribution in [1.29, 1.82) is 0 Å². The number of phenolic OH excluding ortho intramolecular Hbond substituents is 1. The van der Waals surface area contributed by atoms with Crippen LogP contribution in [0.25, 0.3) is 0 Å². The van der Waals surface area contributed by atoms with E-state index in [9.17, 15) is 9.18 Å². The summed E-state index contributed by atoms with van der Waals surface area (Å²) in [5.74, 6) is -1.15. The maximum Gasteiger partial charge on any atom is 0.321 e. The van der Waals surface area contributed by atoms with E-state index in [0.29, 0.717) is 5.69 Å². The van der Waals surface area contributed by atoms with Crippen LogP contribution in [0.15, 0.2) is 18.2 Å². The summed E-state index contributed by atoms with van der Waals surface area (Å²) >= 11 is 0. The van der Waals surface area contributed by atoms with Gasteiger partial charge in [0.25, 0.3) is 0 Å². The molecule has 0 unspecified atom stereocenters. The van der Waals surface area contributed by atoms with Crippen molar-refractivity contribution in [3.63, 3.8) is 0 Å². The number of rotatable bonds is 1. The molecule has 2 N–H and O–H groups in total. The van der Waals surface area contributed by atoms with Crippen LogP contribution in [-0.4, -0.2) is 29.1 Å². The maximum atomic E-state index is 13.0. The summed E-state index contributed by atoms with van der Waals surface area (Å²) < 4.78 is 13.0. The SMILES string of the molecule is O=C(Nc1ccc(O)c(F)c1)N1CCCC1. The standard InChI is InChI=1S/C11H13FN2O2/c12-9-7-8(3-4-10(9)15)13-11(16)14-5-1-2-6-14/h3-4,7,15H,1-2,5-6H2,(H,13,16). The van der Waals surface area contributed by atoms with Crippen molar-refractivity contribution in [1.82, 2.24) is 4.90 Å². The number of carbonyl (C=O) groups is 1. The smallest absolute Gasteiger partial charge is 0.321 e. The van der Waals surface area contributed by atoms with E-state index in [2.05, 4.69) is 5.32 Å². The van der Waals surface area contributed by atoms with Gasteiger partial charge in [0, 0.05) is 24.8 Å². The molecule has 1 aromatic rings.